The van der Waals surface area contributed by atoms with E-state index in [0.29, 0.717) is 44.3 Å². The van der Waals surface area contributed by atoms with E-state index >= 15 is 0 Å². The fourth-order valence-electron chi connectivity index (χ4n) is 10.6. The average Bonchev–Trinajstić information content (AvgIpc) is 3.05. The fourth-order valence-corrected chi connectivity index (χ4v) is 10.6. The van der Waals surface area contributed by atoms with Gasteiger partial charge in [0.2, 0.25) is 5.91 Å². The second kappa shape index (κ2) is 3.85. The van der Waals surface area contributed by atoms with Gasteiger partial charge < -0.3 is 4.90 Å². The van der Waals surface area contributed by atoms with E-state index in [2.05, 4.69) is 32.6 Å². The Balaban J connectivity index is 1.39. The highest BCUT2D eigenvalue weighted by atomic mass is 16.2. The van der Waals surface area contributed by atoms with Crippen molar-refractivity contribution in [2.45, 2.75) is 85.5 Å². The molecule has 5 rings (SSSR count). The molecule has 0 aromatic heterocycles. The third kappa shape index (κ3) is 1.21. The van der Waals surface area contributed by atoms with Crippen LogP contribution in [0, 0.1) is 38.4 Å². The van der Waals surface area contributed by atoms with E-state index in [9.17, 15) is 4.79 Å². The van der Waals surface area contributed by atoms with E-state index in [1.54, 1.807) is 0 Å². The molecule has 2 nitrogen and oxygen atoms in total. The number of amides is 1. The number of carbonyl (C=O) groups excluding carboxylic acids is 1. The van der Waals surface area contributed by atoms with Gasteiger partial charge in [-0.25, -0.2) is 0 Å². The second-order valence-corrected chi connectivity index (χ2v) is 12.1. The van der Waals surface area contributed by atoms with Gasteiger partial charge in [-0.05, 0) is 71.0 Å². The SMILES string of the molecule is CC12CC34CN(C(=O)C5CCCCC5)CC35CC1(C)C(C)(C5)C2(C)C4. The maximum absolute atomic E-state index is 13.3. The first-order valence-corrected chi connectivity index (χ1v) is 11.0. The molecule has 25 heavy (non-hydrogen) atoms. The highest BCUT2D eigenvalue weighted by Crippen LogP contribution is 3.00. The fraction of sp³-hybridized carbons (Fsp3) is 0.957. The minimum Gasteiger partial charge on any atom is -0.341 e. The Kier molecular flexibility index (Phi) is 2.39. The van der Waals surface area contributed by atoms with Crippen LogP contribution in [0.5, 0.6) is 0 Å². The van der Waals surface area contributed by atoms with E-state index in [4.69, 9.17) is 0 Å². The highest BCUT2D eigenvalue weighted by Gasteiger charge is 2.94. The van der Waals surface area contributed by atoms with Crippen LogP contribution in [0.2, 0.25) is 0 Å². The molecule has 0 unspecified atom stereocenters. The van der Waals surface area contributed by atoms with Crippen LogP contribution in [-0.2, 0) is 4.79 Å². The maximum Gasteiger partial charge on any atom is 0.225 e. The molecule has 1 aliphatic heterocycles. The smallest absolute Gasteiger partial charge is 0.225 e. The lowest BCUT2D eigenvalue weighted by Crippen LogP contribution is -2.70. The summed E-state index contributed by atoms with van der Waals surface area (Å²) in [6.07, 6.45) is 11.8. The minimum absolute atomic E-state index is 0.348. The van der Waals surface area contributed by atoms with Crippen molar-refractivity contribution < 1.29 is 4.79 Å². The van der Waals surface area contributed by atoms with Crippen LogP contribution in [0.4, 0.5) is 0 Å². The molecule has 0 bridgehead atoms. The van der Waals surface area contributed by atoms with Crippen molar-refractivity contribution in [2.75, 3.05) is 13.1 Å². The number of fused-ring (bicyclic) bond motifs is 5. The summed E-state index contributed by atoms with van der Waals surface area (Å²) < 4.78 is 0. The van der Waals surface area contributed by atoms with Gasteiger partial charge in [-0.3, -0.25) is 4.79 Å². The molecule has 0 radical (unpaired) electrons. The Labute approximate surface area is 153 Å². The summed E-state index contributed by atoms with van der Waals surface area (Å²) in [5.74, 6) is 0.881. The summed E-state index contributed by atoms with van der Waals surface area (Å²) in [7, 11) is 0. The quantitative estimate of drug-likeness (QED) is 0.655. The summed E-state index contributed by atoms with van der Waals surface area (Å²) in [5.41, 5.74) is 2.96. The Morgan fingerprint density at radius 3 is 1.52 bits per heavy atom. The zero-order chi connectivity index (χ0) is 17.5. The van der Waals surface area contributed by atoms with E-state index in [-0.39, 0.29) is 0 Å². The monoisotopic (exact) mass is 341 g/mol. The van der Waals surface area contributed by atoms with Crippen molar-refractivity contribution in [3.05, 3.63) is 0 Å². The summed E-state index contributed by atoms with van der Waals surface area (Å²) in [6, 6.07) is 0. The first kappa shape index (κ1) is 15.5. The minimum atomic E-state index is 0.348. The first-order valence-electron chi connectivity index (χ1n) is 11.0. The molecule has 4 aliphatic carbocycles. The van der Waals surface area contributed by atoms with Crippen molar-refractivity contribution >= 4 is 5.91 Å². The predicted octanol–water partition coefficient (Wildman–Crippen LogP) is 5.02. The molecular weight excluding hydrogens is 306 g/mol. The number of likely N-dealkylation sites (tertiary alicyclic amines) is 1. The molecular formula is C23H35NO. The van der Waals surface area contributed by atoms with E-state index in [1.807, 2.05) is 0 Å². The number of rotatable bonds is 1. The van der Waals surface area contributed by atoms with Crippen LogP contribution < -0.4 is 0 Å². The van der Waals surface area contributed by atoms with Crippen molar-refractivity contribution in [1.29, 1.82) is 0 Å². The van der Waals surface area contributed by atoms with Gasteiger partial charge in [0.1, 0.15) is 0 Å². The molecule has 4 saturated carbocycles. The molecule has 0 aromatic rings. The van der Waals surface area contributed by atoms with Gasteiger partial charge in [0, 0.05) is 19.0 Å². The molecule has 1 amide bonds. The highest BCUT2D eigenvalue weighted by molar-refractivity contribution is 5.79. The van der Waals surface area contributed by atoms with E-state index in [0.717, 1.165) is 25.9 Å². The molecule has 5 fully saturated rings. The summed E-state index contributed by atoms with van der Waals surface area (Å²) in [6.45, 7) is 12.7. The Morgan fingerprint density at radius 1 is 0.720 bits per heavy atom. The molecule has 0 N–H and O–H groups in total. The molecule has 1 heterocycles. The summed E-state index contributed by atoms with van der Waals surface area (Å²) >= 11 is 0. The van der Waals surface area contributed by atoms with Crippen LogP contribution in [0.1, 0.15) is 85.5 Å². The third-order valence-electron chi connectivity index (χ3n) is 12.0. The van der Waals surface area contributed by atoms with Gasteiger partial charge in [0.15, 0.2) is 0 Å². The van der Waals surface area contributed by atoms with Crippen LogP contribution in [-0.4, -0.2) is 23.9 Å². The molecule has 1 saturated heterocycles. The van der Waals surface area contributed by atoms with Crippen LogP contribution in [0.25, 0.3) is 0 Å². The van der Waals surface area contributed by atoms with E-state index < -0.39 is 0 Å². The Hall–Kier alpha value is -0.530. The molecule has 2 spiro atoms. The lowest BCUT2D eigenvalue weighted by atomic mass is 9.28. The maximum atomic E-state index is 13.3. The molecule has 0 atom stereocenters. The molecule has 2 heteroatoms. The molecule has 5 aliphatic rings. The standard InChI is InChI=1S/C23H35NO/c1-18-10-22-11-19(18,2)21(4)13-23(22,12-20(18,21)3)15-24(14-22)17(25)16-8-6-5-7-9-16/h16H,5-15H2,1-4H3. The summed E-state index contributed by atoms with van der Waals surface area (Å²) in [5, 5.41) is 0. The Bertz CT molecular complexity index is 600. The van der Waals surface area contributed by atoms with Crippen molar-refractivity contribution in [1.82, 2.24) is 4.90 Å². The zero-order valence-corrected chi connectivity index (χ0v) is 16.7. The van der Waals surface area contributed by atoms with E-state index in [1.165, 1.54) is 44.9 Å². The number of hydrogen-bond donors (Lipinski definition) is 0. The van der Waals surface area contributed by atoms with Gasteiger partial charge >= 0.3 is 0 Å². The van der Waals surface area contributed by atoms with Crippen molar-refractivity contribution in [3.63, 3.8) is 0 Å². The number of carbonyl (C=O) groups is 1. The first-order chi connectivity index (χ1) is 11.7. The normalized spacial score (nSPS) is 61.5. The van der Waals surface area contributed by atoms with Gasteiger partial charge in [-0.15, -0.1) is 0 Å². The predicted molar refractivity (Wildman–Crippen MR) is 98.9 cm³/mol. The second-order valence-electron chi connectivity index (χ2n) is 12.1. The molecule has 0 aromatic carbocycles. The van der Waals surface area contributed by atoms with Crippen LogP contribution >= 0.6 is 0 Å². The van der Waals surface area contributed by atoms with Gasteiger partial charge in [0.05, 0.1) is 0 Å². The summed E-state index contributed by atoms with van der Waals surface area (Å²) in [4.78, 5) is 15.7. The van der Waals surface area contributed by atoms with Gasteiger partial charge in [-0.2, -0.15) is 0 Å². The van der Waals surface area contributed by atoms with Crippen LogP contribution in [0.15, 0.2) is 0 Å². The lowest BCUT2D eigenvalue weighted by Gasteiger charge is -2.76. The van der Waals surface area contributed by atoms with Gasteiger partial charge in [0.25, 0.3) is 0 Å². The zero-order valence-electron chi connectivity index (χ0n) is 16.7. The number of nitrogens with zero attached hydrogens (tertiary/aromatic N) is 1. The Morgan fingerprint density at radius 2 is 1.12 bits per heavy atom. The van der Waals surface area contributed by atoms with Crippen molar-refractivity contribution in [2.24, 2.45) is 38.4 Å². The lowest BCUT2D eigenvalue weighted by molar-refractivity contribution is -0.283. The average molecular weight is 342 g/mol. The van der Waals surface area contributed by atoms with Gasteiger partial charge in [-0.1, -0.05) is 47.0 Å². The largest absolute Gasteiger partial charge is 0.341 e. The third-order valence-corrected chi connectivity index (χ3v) is 12.0. The van der Waals surface area contributed by atoms with Crippen LogP contribution in [0.3, 0.4) is 0 Å². The molecule has 138 valence electrons. The topological polar surface area (TPSA) is 20.3 Å². The van der Waals surface area contributed by atoms with Crippen molar-refractivity contribution in [3.8, 4) is 0 Å². The number of hydrogen-bond acceptors (Lipinski definition) is 1.